The van der Waals surface area contributed by atoms with Crippen molar-refractivity contribution >= 4 is 0 Å². The zero-order valence-corrected chi connectivity index (χ0v) is 10.1. The zero-order chi connectivity index (χ0) is 11.4. The Hall–Kier alpha value is -0.860. The maximum Gasteiger partial charge on any atom is 0.0561 e. The summed E-state index contributed by atoms with van der Waals surface area (Å²) in [6.07, 6.45) is 2.65. The second-order valence-corrected chi connectivity index (χ2v) is 4.70. The summed E-state index contributed by atoms with van der Waals surface area (Å²) in [5.41, 5.74) is 1.36. The van der Waals surface area contributed by atoms with Crippen molar-refractivity contribution in [1.29, 1.82) is 0 Å². The molecule has 0 aliphatic carbocycles. The summed E-state index contributed by atoms with van der Waals surface area (Å²) in [4.78, 5) is 0. The van der Waals surface area contributed by atoms with E-state index in [0.717, 1.165) is 19.4 Å². The minimum absolute atomic E-state index is 0.397. The van der Waals surface area contributed by atoms with E-state index in [0.29, 0.717) is 18.2 Å². The lowest BCUT2D eigenvalue weighted by molar-refractivity contribution is 0.0116. The first kappa shape index (κ1) is 11.6. The van der Waals surface area contributed by atoms with E-state index in [1.165, 1.54) is 5.56 Å². The molecular formula is C14H21NO. The average Bonchev–Trinajstić information content (AvgIpc) is 2.30. The van der Waals surface area contributed by atoms with Crippen molar-refractivity contribution in [3.8, 4) is 0 Å². The van der Waals surface area contributed by atoms with Gasteiger partial charge < -0.3 is 10.1 Å². The van der Waals surface area contributed by atoms with Gasteiger partial charge in [-0.2, -0.15) is 0 Å². The van der Waals surface area contributed by atoms with Crippen molar-refractivity contribution in [1.82, 2.24) is 5.32 Å². The van der Waals surface area contributed by atoms with Crippen LogP contribution >= 0.6 is 0 Å². The molecule has 1 aromatic carbocycles. The monoisotopic (exact) mass is 219 g/mol. The fourth-order valence-corrected chi connectivity index (χ4v) is 2.34. The number of nitrogens with one attached hydrogen (secondary N) is 1. The molecule has 16 heavy (non-hydrogen) atoms. The summed E-state index contributed by atoms with van der Waals surface area (Å²) in [5.74, 6) is 0. The van der Waals surface area contributed by atoms with Crippen molar-refractivity contribution < 1.29 is 4.74 Å². The zero-order valence-electron chi connectivity index (χ0n) is 10.1. The van der Waals surface area contributed by atoms with Crippen LogP contribution in [0.3, 0.4) is 0 Å². The van der Waals surface area contributed by atoms with Gasteiger partial charge in [-0.15, -0.1) is 0 Å². The topological polar surface area (TPSA) is 21.3 Å². The van der Waals surface area contributed by atoms with Crippen LogP contribution in [0, 0.1) is 0 Å². The first-order chi connectivity index (χ1) is 7.75. The molecule has 1 heterocycles. The van der Waals surface area contributed by atoms with Gasteiger partial charge in [0.25, 0.3) is 0 Å². The summed E-state index contributed by atoms with van der Waals surface area (Å²) in [6.45, 7) is 5.27. The van der Waals surface area contributed by atoms with E-state index < -0.39 is 0 Å². The highest BCUT2D eigenvalue weighted by Crippen LogP contribution is 2.18. The van der Waals surface area contributed by atoms with Crippen LogP contribution in [0.15, 0.2) is 30.3 Å². The van der Waals surface area contributed by atoms with Crippen molar-refractivity contribution in [2.24, 2.45) is 0 Å². The second kappa shape index (κ2) is 5.46. The van der Waals surface area contributed by atoms with Gasteiger partial charge in [-0.05, 0) is 32.3 Å². The molecule has 0 amide bonds. The Morgan fingerprint density at radius 2 is 2.06 bits per heavy atom. The van der Waals surface area contributed by atoms with Crippen LogP contribution in [0.2, 0.25) is 0 Å². The Labute approximate surface area is 98.0 Å². The number of ether oxygens (including phenoxy) is 1. The molecule has 0 bridgehead atoms. The van der Waals surface area contributed by atoms with Gasteiger partial charge in [0.05, 0.1) is 6.10 Å². The standard InChI is InChI=1S/C14H21NO/c1-11-10-14(8-9-16-11)15-12(2)13-6-4-3-5-7-13/h3-7,11-12,14-15H,8-10H2,1-2H3. The van der Waals surface area contributed by atoms with Crippen molar-refractivity contribution in [3.05, 3.63) is 35.9 Å². The highest BCUT2D eigenvalue weighted by molar-refractivity contribution is 5.18. The molecule has 0 saturated carbocycles. The first-order valence-electron chi connectivity index (χ1n) is 6.18. The van der Waals surface area contributed by atoms with Gasteiger partial charge in [0, 0.05) is 18.7 Å². The molecule has 1 aromatic rings. The molecule has 2 heteroatoms. The third kappa shape index (κ3) is 3.06. The van der Waals surface area contributed by atoms with Crippen LogP contribution in [0.25, 0.3) is 0 Å². The largest absolute Gasteiger partial charge is 0.378 e. The number of hydrogen-bond donors (Lipinski definition) is 1. The molecule has 1 saturated heterocycles. The van der Waals surface area contributed by atoms with Gasteiger partial charge in [0.1, 0.15) is 0 Å². The molecule has 88 valence electrons. The summed E-state index contributed by atoms with van der Waals surface area (Å²) in [6, 6.07) is 11.6. The van der Waals surface area contributed by atoms with Gasteiger partial charge in [-0.3, -0.25) is 0 Å². The lowest BCUT2D eigenvalue weighted by Gasteiger charge is -2.30. The SMILES string of the molecule is CC1CC(NC(C)c2ccccc2)CCO1. The summed E-state index contributed by atoms with van der Waals surface area (Å²) >= 11 is 0. The molecule has 2 rings (SSSR count). The first-order valence-corrected chi connectivity index (χ1v) is 6.18. The van der Waals surface area contributed by atoms with Gasteiger partial charge in [0.15, 0.2) is 0 Å². The van der Waals surface area contributed by atoms with E-state index in [1.54, 1.807) is 0 Å². The molecule has 1 N–H and O–H groups in total. The van der Waals surface area contributed by atoms with Crippen LogP contribution < -0.4 is 5.32 Å². The molecule has 0 aromatic heterocycles. The molecule has 1 aliphatic rings. The lowest BCUT2D eigenvalue weighted by atomic mass is 10.0. The Bertz CT molecular complexity index is 312. The lowest BCUT2D eigenvalue weighted by Crippen LogP contribution is -2.39. The van der Waals surface area contributed by atoms with E-state index in [9.17, 15) is 0 Å². The maximum absolute atomic E-state index is 5.56. The van der Waals surface area contributed by atoms with E-state index in [1.807, 2.05) is 0 Å². The van der Waals surface area contributed by atoms with Gasteiger partial charge in [0.2, 0.25) is 0 Å². The molecule has 1 aliphatic heterocycles. The highest BCUT2D eigenvalue weighted by Gasteiger charge is 2.20. The van der Waals surface area contributed by atoms with E-state index in [-0.39, 0.29) is 0 Å². The third-order valence-electron chi connectivity index (χ3n) is 3.27. The summed E-state index contributed by atoms with van der Waals surface area (Å²) in [7, 11) is 0. The average molecular weight is 219 g/mol. The fraction of sp³-hybridized carbons (Fsp3) is 0.571. The van der Waals surface area contributed by atoms with Crippen LogP contribution in [0.4, 0.5) is 0 Å². The van der Waals surface area contributed by atoms with Crippen LogP contribution in [-0.4, -0.2) is 18.8 Å². The normalized spacial score (nSPS) is 27.6. The van der Waals surface area contributed by atoms with E-state index in [4.69, 9.17) is 4.74 Å². The summed E-state index contributed by atoms with van der Waals surface area (Å²) in [5, 5.41) is 3.69. The summed E-state index contributed by atoms with van der Waals surface area (Å²) < 4.78 is 5.56. The third-order valence-corrected chi connectivity index (χ3v) is 3.27. The minimum Gasteiger partial charge on any atom is -0.378 e. The van der Waals surface area contributed by atoms with Crippen LogP contribution in [0.5, 0.6) is 0 Å². The van der Waals surface area contributed by atoms with Crippen LogP contribution in [-0.2, 0) is 4.74 Å². The Kier molecular flexibility index (Phi) is 3.97. The van der Waals surface area contributed by atoms with Crippen molar-refractivity contribution in [3.63, 3.8) is 0 Å². The minimum atomic E-state index is 0.397. The Balaban J connectivity index is 1.89. The van der Waals surface area contributed by atoms with E-state index in [2.05, 4.69) is 49.5 Å². The molecule has 3 atom stereocenters. The smallest absolute Gasteiger partial charge is 0.0561 e. The van der Waals surface area contributed by atoms with Gasteiger partial charge in [-0.1, -0.05) is 30.3 Å². The van der Waals surface area contributed by atoms with E-state index >= 15 is 0 Å². The Morgan fingerprint density at radius 3 is 2.75 bits per heavy atom. The van der Waals surface area contributed by atoms with Gasteiger partial charge in [-0.25, -0.2) is 0 Å². The highest BCUT2D eigenvalue weighted by atomic mass is 16.5. The molecule has 2 nitrogen and oxygen atoms in total. The predicted octanol–water partition coefficient (Wildman–Crippen LogP) is 2.90. The number of benzene rings is 1. The molecule has 1 fully saturated rings. The second-order valence-electron chi connectivity index (χ2n) is 4.70. The Morgan fingerprint density at radius 1 is 1.31 bits per heavy atom. The molecule has 3 unspecified atom stereocenters. The molecule has 0 radical (unpaired) electrons. The predicted molar refractivity (Wildman–Crippen MR) is 66.4 cm³/mol. The van der Waals surface area contributed by atoms with Crippen LogP contribution in [0.1, 0.15) is 38.3 Å². The van der Waals surface area contributed by atoms with Crippen molar-refractivity contribution in [2.75, 3.05) is 6.61 Å². The van der Waals surface area contributed by atoms with Crippen molar-refractivity contribution in [2.45, 2.75) is 44.9 Å². The maximum atomic E-state index is 5.56. The van der Waals surface area contributed by atoms with Gasteiger partial charge >= 0.3 is 0 Å². The molecule has 0 spiro atoms. The fourth-order valence-electron chi connectivity index (χ4n) is 2.34. The quantitative estimate of drug-likeness (QED) is 0.844. The number of hydrogen-bond acceptors (Lipinski definition) is 2. The molecular weight excluding hydrogens is 198 g/mol. The number of rotatable bonds is 3.